The van der Waals surface area contributed by atoms with Crippen molar-refractivity contribution in [2.24, 2.45) is 0 Å². The summed E-state index contributed by atoms with van der Waals surface area (Å²) >= 11 is 0. The highest BCUT2D eigenvalue weighted by molar-refractivity contribution is 5.52. The Morgan fingerprint density at radius 1 is 1.27 bits per heavy atom. The molecule has 0 amide bonds. The van der Waals surface area contributed by atoms with Gasteiger partial charge in [0.1, 0.15) is 5.69 Å². The van der Waals surface area contributed by atoms with E-state index >= 15 is 0 Å². The average molecular weight is 202 g/mol. The summed E-state index contributed by atoms with van der Waals surface area (Å²) in [4.78, 5) is 12.1. The normalized spacial score (nSPS) is 10.2. The number of rotatable bonds is 1. The molecular formula is C10H10N4O. The lowest BCUT2D eigenvalue weighted by molar-refractivity contribution is 0.452. The number of hydrogen-bond donors (Lipinski definition) is 2. The van der Waals surface area contributed by atoms with Crippen molar-refractivity contribution in [1.29, 1.82) is 0 Å². The predicted molar refractivity (Wildman–Crippen MR) is 56.1 cm³/mol. The molecule has 0 unspecified atom stereocenters. The third-order valence-corrected chi connectivity index (χ3v) is 1.86. The van der Waals surface area contributed by atoms with E-state index in [1.807, 2.05) is 0 Å². The Kier molecular flexibility index (Phi) is 2.21. The first-order valence-corrected chi connectivity index (χ1v) is 4.42. The van der Waals surface area contributed by atoms with E-state index in [4.69, 9.17) is 5.73 Å². The van der Waals surface area contributed by atoms with E-state index in [2.05, 4.69) is 15.0 Å². The number of hydrogen-bond acceptors (Lipinski definition) is 5. The molecule has 0 spiro atoms. The highest BCUT2D eigenvalue weighted by Crippen LogP contribution is 2.16. The van der Waals surface area contributed by atoms with Gasteiger partial charge in [0, 0.05) is 11.8 Å². The smallest absolute Gasteiger partial charge is 0.214 e. The van der Waals surface area contributed by atoms with Crippen molar-refractivity contribution in [2.75, 3.05) is 5.73 Å². The molecule has 0 aliphatic heterocycles. The molecule has 5 nitrogen and oxygen atoms in total. The van der Waals surface area contributed by atoms with Crippen LogP contribution in [0.15, 0.2) is 24.4 Å². The fraction of sp³-hybridized carbons (Fsp3) is 0.100. The number of nitrogens with zero attached hydrogens (tertiary/aromatic N) is 3. The molecule has 2 heterocycles. The van der Waals surface area contributed by atoms with Gasteiger partial charge in [-0.3, -0.25) is 4.98 Å². The molecule has 0 bridgehead atoms. The van der Waals surface area contributed by atoms with Crippen LogP contribution in [-0.4, -0.2) is 20.1 Å². The monoisotopic (exact) mass is 202 g/mol. The Morgan fingerprint density at radius 2 is 2.07 bits per heavy atom. The van der Waals surface area contributed by atoms with Crippen molar-refractivity contribution >= 4 is 5.69 Å². The lowest BCUT2D eigenvalue weighted by Crippen LogP contribution is -1.94. The number of aromatic nitrogens is 3. The zero-order chi connectivity index (χ0) is 10.8. The van der Waals surface area contributed by atoms with Gasteiger partial charge in [-0.05, 0) is 19.1 Å². The van der Waals surface area contributed by atoms with Crippen LogP contribution in [0.4, 0.5) is 5.69 Å². The van der Waals surface area contributed by atoms with Gasteiger partial charge >= 0.3 is 0 Å². The minimum absolute atomic E-state index is 0.0591. The summed E-state index contributed by atoms with van der Waals surface area (Å²) in [6.07, 6.45) is 1.53. The second-order valence-electron chi connectivity index (χ2n) is 3.17. The summed E-state index contributed by atoms with van der Waals surface area (Å²) in [5.74, 6) is 0.337. The molecule has 2 rings (SSSR count). The molecule has 0 radical (unpaired) electrons. The van der Waals surface area contributed by atoms with Crippen molar-refractivity contribution in [3.63, 3.8) is 0 Å². The Hall–Kier alpha value is -2.17. The van der Waals surface area contributed by atoms with Crippen LogP contribution in [-0.2, 0) is 0 Å². The SMILES string of the molecule is Cc1cc(O)nc(-c2ccc(N)cn2)n1. The molecule has 0 aromatic carbocycles. The van der Waals surface area contributed by atoms with Crippen molar-refractivity contribution in [1.82, 2.24) is 15.0 Å². The van der Waals surface area contributed by atoms with Crippen LogP contribution < -0.4 is 5.73 Å². The Labute approximate surface area is 86.6 Å². The lowest BCUT2D eigenvalue weighted by atomic mass is 10.3. The second kappa shape index (κ2) is 3.53. The molecular weight excluding hydrogens is 192 g/mol. The maximum absolute atomic E-state index is 9.31. The summed E-state index contributed by atoms with van der Waals surface area (Å²) < 4.78 is 0. The average Bonchev–Trinajstić information content (AvgIpc) is 2.17. The van der Waals surface area contributed by atoms with Crippen LogP contribution in [0.1, 0.15) is 5.69 Å². The number of aryl methyl sites for hydroxylation is 1. The van der Waals surface area contributed by atoms with Crippen molar-refractivity contribution in [2.45, 2.75) is 6.92 Å². The van der Waals surface area contributed by atoms with Crippen LogP contribution in [0.5, 0.6) is 5.88 Å². The van der Waals surface area contributed by atoms with E-state index in [1.165, 1.54) is 12.3 Å². The first kappa shape index (κ1) is 9.39. The van der Waals surface area contributed by atoms with Crippen LogP contribution in [0.2, 0.25) is 0 Å². The van der Waals surface area contributed by atoms with Gasteiger partial charge in [-0.2, -0.15) is 4.98 Å². The second-order valence-corrected chi connectivity index (χ2v) is 3.17. The van der Waals surface area contributed by atoms with Gasteiger partial charge in [-0.25, -0.2) is 4.98 Å². The van der Waals surface area contributed by atoms with Crippen LogP contribution >= 0.6 is 0 Å². The molecule has 0 saturated carbocycles. The van der Waals surface area contributed by atoms with E-state index in [9.17, 15) is 5.11 Å². The van der Waals surface area contributed by atoms with Gasteiger partial charge in [0.15, 0.2) is 5.82 Å². The van der Waals surface area contributed by atoms with Gasteiger partial charge in [-0.15, -0.1) is 0 Å². The summed E-state index contributed by atoms with van der Waals surface area (Å²) in [5.41, 5.74) is 7.37. The van der Waals surface area contributed by atoms with Crippen molar-refractivity contribution < 1.29 is 5.11 Å². The van der Waals surface area contributed by atoms with Gasteiger partial charge in [-0.1, -0.05) is 0 Å². The van der Waals surface area contributed by atoms with Crippen LogP contribution in [0.3, 0.4) is 0 Å². The largest absolute Gasteiger partial charge is 0.493 e. The Balaban J connectivity index is 2.49. The van der Waals surface area contributed by atoms with Crippen molar-refractivity contribution in [3.05, 3.63) is 30.1 Å². The summed E-state index contributed by atoms with van der Waals surface area (Å²) in [6, 6.07) is 4.91. The molecule has 2 aromatic rings. The molecule has 3 N–H and O–H groups in total. The van der Waals surface area contributed by atoms with Crippen molar-refractivity contribution in [3.8, 4) is 17.4 Å². The summed E-state index contributed by atoms with van der Waals surface area (Å²) in [7, 11) is 0. The molecule has 2 aromatic heterocycles. The van der Waals surface area contributed by atoms with E-state index in [0.29, 0.717) is 22.9 Å². The van der Waals surface area contributed by atoms with E-state index in [1.54, 1.807) is 19.1 Å². The number of anilines is 1. The number of aromatic hydroxyl groups is 1. The maximum atomic E-state index is 9.31. The Morgan fingerprint density at radius 3 is 2.67 bits per heavy atom. The topological polar surface area (TPSA) is 84.9 Å². The molecule has 0 saturated heterocycles. The molecule has 0 atom stereocenters. The highest BCUT2D eigenvalue weighted by atomic mass is 16.3. The van der Waals surface area contributed by atoms with Crippen LogP contribution in [0, 0.1) is 6.92 Å². The predicted octanol–water partition coefficient (Wildman–Crippen LogP) is 1.13. The first-order valence-electron chi connectivity index (χ1n) is 4.42. The first-order chi connectivity index (χ1) is 7.15. The van der Waals surface area contributed by atoms with Gasteiger partial charge < -0.3 is 10.8 Å². The fourth-order valence-corrected chi connectivity index (χ4v) is 1.20. The van der Waals surface area contributed by atoms with E-state index in [-0.39, 0.29) is 5.88 Å². The zero-order valence-electron chi connectivity index (χ0n) is 8.18. The molecule has 0 aliphatic carbocycles. The minimum Gasteiger partial charge on any atom is -0.493 e. The zero-order valence-corrected chi connectivity index (χ0v) is 8.18. The third-order valence-electron chi connectivity index (χ3n) is 1.86. The van der Waals surface area contributed by atoms with Gasteiger partial charge in [0.05, 0.1) is 11.9 Å². The molecule has 0 aliphatic rings. The number of nitrogen functional groups attached to an aromatic ring is 1. The molecule has 76 valence electrons. The summed E-state index contributed by atoms with van der Waals surface area (Å²) in [5, 5.41) is 9.31. The highest BCUT2D eigenvalue weighted by Gasteiger charge is 2.04. The quantitative estimate of drug-likeness (QED) is 0.724. The minimum atomic E-state index is -0.0591. The maximum Gasteiger partial charge on any atom is 0.214 e. The Bertz CT molecular complexity index is 461. The molecule has 5 heteroatoms. The lowest BCUT2D eigenvalue weighted by Gasteiger charge is -2.01. The number of nitrogens with two attached hydrogens (primary N) is 1. The van der Waals surface area contributed by atoms with Crippen LogP contribution in [0.25, 0.3) is 11.5 Å². The fourth-order valence-electron chi connectivity index (χ4n) is 1.20. The van der Waals surface area contributed by atoms with Gasteiger partial charge in [0.25, 0.3) is 0 Å². The molecule has 0 fully saturated rings. The van der Waals surface area contributed by atoms with E-state index in [0.717, 1.165) is 0 Å². The third kappa shape index (κ3) is 2.01. The summed E-state index contributed by atoms with van der Waals surface area (Å²) in [6.45, 7) is 1.78. The van der Waals surface area contributed by atoms with E-state index < -0.39 is 0 Å². The van der Waals surface area contributed by atoms with Gasteiger partial charge in [0.2, 0.25) is 5.88 Å². The standard InChI is InChI=1S/C10H10N4O/c1-6-4-9(15)14-10(13-6)8-3-2-7(11)5-12-8/h2-5H,11H2,1H3,(H,13,14,15). The number of pyridine rings is 1. The molecule has 15 heavy (non-hydrogen) atoms.